The van der Waals surface area contributed by atoms with Gasteiger partial charge in [0.25, 0.3) is 5.56 Å². The first-order chi connectivity index (χ1) is 14.2. The van der Waals surface area contributed by atoms with Gasteiger partial charge in [0.05, 0.1) is 18.5 Å². The van der Waals surface area contributed by atoms with E-state index in [4.69, 9.17) is 9.26 Å². The van der Waals surface area contributed by atoms with Gasteiger partial charge in [-0.3, -0.25) is 4.79 Å². The molecule has 158 valence electrons. The van der Waals surface area contributed by atoms with Gasteiger partial charge in [0.15, 0.2) is 17.4 Å². The van der Waals surface area contributed by atoms with Crippen molar-refractivity contribution >= 4 is 0 Å². The van der Waals surface area contributed by atoms with E-state index < -0.39 is 41.3 Å². The Balaban J connectivity index is 1.40. The molecule has 1 aliphatic carbocycles. The lowest BCUT2D eigenvalue weighted by Crippen LogP contribution is -2.33. The number of ether oxygens (including phenoxy) is 2. The molecule has 0 radical (unpaired) electrons. The van der Waals surface area contributed by atoms with Crippen molar-refractivity contribution < 1.29 is 35.9 Å². The molecule has 1 aromatic carbocycles. The molecular weight excluding hydrogens is 417 g/mol. The van der Waals surface area contributed by atoms with Crippen molar-refractivity contribution in [2.24, 2.45) is 0 Å². The maximum atomic E-state index is 14.0. The average molecular weight is 429 g/mol. The third-order valence-corrected chi connectivity index (χ3v) is 4.49. The van der Waals surface area contributed by atoms with Crippen molar-refractivity contribution in [1.29, 1.82) is 0 Å². The number of aromatic nitrogens is 3. The summed E-state index contributed by atoms with van der Waals surface area (Å²) in [6.07, 6.45) is -2.32. The van der Waals surface area contributed by atoms with E-state index in [9.17, 15) is 26.7 Å². The van der Waals surface area contributed by atoms with Crippen molar-refractivity contribution in [2.75, 3.05) is 0 Å². The van der Waals surface area contributed by atoms with E-state index in [2.05, 4.69) is 19.9 Å². The summed E-state index contributed by atoms with van der Waals surface area (Å²) in [6.45, 7) is 0. The van der Waals surface area contributed by atoms with E-state index in [0.717, 1.165) is 6.07 Å². The van der Waals surface area contributed by atoms with Crippen molar-refractivity contribution in [2.45, 2.75) is 31.2 Å². The third-order valence-electron chi connectivity index (χ3n) is 4.49. The zero-order chi connectivity index (χ0) is 21.5. The largest absolute Gasteiger partial charge is 0.573 e. The SMILES string of the molecule is O=c1cc(-c2cnc(OC3CC(c4cc(OC(F)(F)F)cc(F)c4F)C3)cn2)o[nH]1. The summed E-state index contributed by atoms with van der Waals surface area (Å²) in [7, 11) is 0. The van der Waals surface area contributed by atoms with Gasteiger partial charge in [0.2, 0.25) is 5.88 Å². The number of aromatic amines is 1. The molecular formula is C18H12F5N3O4. The Bertz CT molecular complexity index is 1100. The van der Waals surface area contributed by atoms with Crippen LogP contribution in [0.2, 0.25) is 0 Å². The maximum absolute atomic E-state index is 14.0. The molecule has 12 heteroatoms. The predicted molar refractivity (Wildman–Crippen MR) is 89.8 cm³/mol. The first-order valence-corrected chi connectivity index (χ1v) is 8.60. The van der Waals surface area contributed by atoms with Crippen LogP contribution < -0.4 is 15.0 Å². The minimum atomic E-state index is -5.01. The first kappa shape index (κ1) is 19.9. The molecule has 3 aromatic rings. The summed E-state index contributed by atoms with van der Waals surface area (Å²) in [5.74, 6) is -3.65. The molecule has 0 aliphatic heterocycles. The second-order valence-electron chi connectivity index (χ2n) is 6.58. The summed E-state index contributed by atoms with van der Waals surface area (Å²) in [4.78, 5) is 19.1. The Hall–Kier alpha value is -3.44. The van der Waals surface area contributed by atoms with Crippen LogP contribution in [0.5, 0.6) is 11.6 Å². The Kier molecular flexibility index (Phi) is 4.92. The highest BCUT2D eigenvalue weighted by molar-refractivity contribution is 5.49. The predicted octanol–water partition coefficient (Wildman–Crippen LogP) is 3.93. The number of halogens is 5. The summed E-state index contributed by atoms with van der Waals surface area (Å²) >= 11 is 0. The minimum absolute atomic E-state index is 0.154. The van der Waals surface area contributed by atoms with Crippen LogP contribution in [0.15, 0.2) is 39.9 Å². The van der Waals surface area contributed by atoms with E-state index in [1.165, 1.54) is 18.5 Å². The molecule has 0 bridgehead atoms. The topological polar surface area (TPSA) is 90.2 Å². The second-order valence-corrected chi connectivity index (χ2v) is 6.58. The molecule has 7 nitrogen and oxygen atoms in total. The lowest BCUT2D eigenvalue weighted by atomic mass is 9.77. The van der Waals surface area contributed by atoms with E-state index in [1.54, 1.807) is 0 Å². The number of rotatable bonds is 5. The number of hydrogen-bond donors (Lipinski definition) is 1. The molecule has 1 aliphatic rings. The van der Waals surface area contributed by atoms with Gasteiger partial charge in [-0.05, 0) is 30.4 Å². The average Bonchev–Trinajstić information content (AvgIpc) is 3.07. The highest BCUT2D eigenvalue weighted by Gasteiger charge is 2.37. The lowest BCUT2D eigenvalue weighted by Gasteiger charge is -2.35. The molecule has 0 amide bonds. The highest BCUT2D eigenvalue weighted by atomic mass is 19.4. The highest BCUT2D eigenvalue weighted by Crippen LogP contribution is 2.42. The van der Waals surface area contributed by atoms with Gasteiger partial charge >= 0.3 is 6.36 Å². The molecule has 30 heavy (non-hydrogen) atoms. The first-order valence-electron chi connectivity index (χ1n) is 8.60. The van der Waals surface area contributed by atoms with Gasteiger partial charge in [-0.1, -0.05) is 0 Å². The standard InChI is InChI=1S/C18H12F5N3O4/c19-12-4-10(29-18(21,22)23)3-11(17(12)20)8-1-9(2-8)28-16-7-24-13(6-25-16)14-5-15(27)26-30-14/h3-9H,1-2H2,(H,26,27). The van der Waals surface area contributed by atoms with Crippen LogP contribution in [0.25, 0.3) is 11.5 Å². The molecule has 2 heterocycles. The van der Waals surface area contributed by atoms with Gasteiger partial charge < -0.3 is 14.0 Å². The molecule has 0 unspecified atom stereocenters. The molecule has 4 rings (SSSR count). The van der Waals surface area contributed by atoms with Crippen molar-refractivity contribution in [3.05, 3.63) is 58.1 Å². The smallest absolute Gasteiger partial charge is 0.473 e. The number of nitrogens with zero attached hydrogens (tertiary/aromatic N) is 2. The number of nitrogens with one attached hydrogen (secondary N) is 1. The molecule has 1 saturated carbocycles. The van der Waals surface area contributed by atoms with Gasteiger partial charge in [-0.2, -0.15) is 5.16 Å². The Morgan fingerprint density at radius 3 is 2.47 bits per heavy atom. The minimum Gasteiger partial charge on any atom is -0.473 e. The summed E-state index contributed by atoms with van der Waals surface area (Å²) in [6, 6.07) is 2.39. The van der Waals surface area contributed by atoms with Crippen LogP contribution in [0.4, 0.5) is 22.0 Å². The molecule has 0 saturated heterocycles. The fourth-order valence-corrected chi connectivity index (χ4v) is 3.07. The van der Waals surface area contributed by atoms with Crippen LogP contribution in [0.1, 0.15) is 24.3 Å². The maximum Gasteiger partial charge on any atom is 0.573 e. The number of hydrogen-bond acceptors (Lipinski definition) is 6. The number of H-pyrrole nitrogens is 1. The quantitative estimate of drug-likeness (QED) is 0.619. The zero-order valence-corrected chi connectivity index (χ0v) is 14.9. The Labute approximate surface area is 164 Å². The third kappa shape index (κ3) is 4.26. The fourth-order valence-electron chi connectivity index (χ4n) is 3.07. The van der Waals surface area contributed by atoms with Crippen molar-refractivity contribution in [1.82, 2.24) is 15.1 Å². The van der Waals surface area contributed by atoms with Crippen LogP contribution >= 0.6 is 0 Å². The molecule has 0 atom stereocenters. The summed E-state index contributed by atoms with van der Waals surface area (Å²) in [5.41, 5.74) is -0.342. The Morgan fingerprint density at radius 2 is 1.87 bits per heavy atom. The van der Waals surface area contributed by atoms with E-state index in [1.807, 2.05) is 0 Å². The van der Waals surface area contributed by atoms with E-state index >= 15 is 0 Å². The number of benzene rings is 1. The van der Waals surface area contributed by atoms with Crippen LogP contribution in [0.3, 0.4) is 0 Å². The molecule has 0 spiro atoms. The van der Waals surface area contributed by atoms with Crippen LogP contribution in [-0.2, 0) is 0 Å². The van der Waals surface area contributed by atoms with Gasteiger partial charge in [0.1, 0.15) is 17.5 Å². The summed E-state index contributed by atoms with van der Waals surface area (Å²) < 4.78 is 78.9. The second kappa shape index (κ2) is 7.43. The molecule has 1 fully saturated rings. The van der Waals surface area contributed by atoms with Gasteiger partial charge in [-0.15, -0.1) is 13.2 Å². The Morgan fingerprint density at radius 1 is 1.10 bits per heavy atom. The molecule has 2 aromatic heterocycles. The fraction of sp³-hybridized carbons (Fsp3) is 0.278. The molecule has 1 N–H and O–H groups in total. The normalized spacial score (nSPS) is 18.7. The van der Waals surface area contributed by atoms with Gasteiger partial charge in [-0.25, -0.2) is 18.7 Å². The van der Waals surface area contributed by atoms with Crippen LogP contribution in [-0.4, -0.2) is 27.6 Å². The van der Waals surface area contributed by atoms with Crippen LogP contribution in [0, 0.1) is 11.6 Å². The van der Waals surface area contributed by atoms with E-state index in [0.29, 0.717) is 11.8 Å². The van der Waals surface area contributed by atoms with Crippen molar-refractivity contribution in [3.8, 4) is 23.1 Å². The monoisotopic (exact) mass is 429 g/mol. The summed E-state index contributed by atoms with van der Waals surface area (Å²) in [5, 5.41) is 2.12. The van der Waals surface area contributed by atoms with Crippen molar-refractivity contribution in [3.63, 3.8) is 0 Å². The van der Waals surface area contributed by atoms with E-state index in [-0.39, 0.29) is 30.0 Å². The zero-order valence-electron chi connectivity index (χ0n) is 14.9. The lowest BCUT2D eigenvalue weighted by molar-refractivity contribution is -0.274. The number of alkyl halides is 3. The van der Waals surface area contributed by atoms with Gasteiger partial charge in [0, 0.05) is 6.07 Å².